The van der Waals surface area contributed by atoms with Crippen molar-refractivity contribution >= 4 is 11.9 Å². The minimum atomic E-state index is -0.340. The van der Waals surface area contributed by atoms with Gasteiger partial charge in [0.2, 0.25) is 0 Å². The summed E-state index contributed by atoms with van der Waals surface area (Å²) in [6.45, 7) is 3.47. The molecule has 0 aromatic carbocycles. The Morgan fingerprint density at radius 3 is 2.90 bits per heavy atom. The summed E-state index contributed by atoms with van der Waals surface area (Å²) in [5.41, 5.74) is 3.68. The van der Waals surface area contributed by atoms with Crippen molar-refractivity contribution in [1.82, 2.24) is 25.0 Å². The summed E-state index contributed by atoms with van der Waals surface area (Å²) < 4.78 is 6.67. The molecule has 1 saturated carbocycles. The molecule has 2 aliphatic rings. The van der Waals surface area contributed by atoms with Gasteiger partial charge < -0.3 is 10.1 Å². The standard InChI is InChI=1S/C21H27N5O3/c1-29-19(27)7-10-23-21(28)20-17-14-25(13-16-4-2-3-9-22-16)11-8-18(17)26(24-20)12-15-5-6-15/h2-4,9,15H,5-8,10-14H2,1H3,(H,23,28). The molecule has 0 atom stereocenters. The molecule has 0 spiro atoms. The Kier molecular flexibility index (Phi) is 5.89. The Hall–Kier alpha value is -2.74. The number of esters is 1. The highest BCUT2D eigenvalue weighted by Crippen LogP contribution is 2.32. The van der Waals surface area contributed by atoms with Crippen LogP contribution in [0.15, 0.2) is 24.4 Å². The molecule has 8 heteroatoms. The predicted octanol–water partition coefficient (Wildman–Crippen LogP) is 1.54. The first-order chi connectivity index (χ1) is 14.1. The van der Waals surface area contributed by atoms with Gasteiger partial charge in [-0.25, -0.2) is 0 Å². The van der Waals surface area contributed by atoms with Crippen LogP contribution in [0, 0.1) is 5.92 Å². The Labute approximate surface area is 170 Å². The van der Waals surface area contributed by atoms with Crippen molar-refractivity contribution in [3.8, 4) is 0 Å². The Morgan fingerprint density at radius 1 is 1.31 bits per heavy atom. The second-order valence-corrected chi connectivity index (χ2v) is 7.76. The molecular weight excluding hydrogens is 370 g/mol. The summed E-state index contributed by atoms with van der Waals surface area (Å²) in [6, 6.07) is 5.93. The molecule has 29 heavy (non-hydrogen) atoms. The Balaban J connectivity index is 1.50. The molecule has 1 N–H and O–H groups in total. The van der Waals surface area contributed by atoms with Gasteiger partial charge in [0.05, 0.1) is 19.2 Å². The van der Waals surface area contributed by atoms with E-state index in [4.69, 9.17) is 0 Å². The van der Waals surface area contributed by atoms with Crippen molar-refractivity contribution in [1.29, 1.82) is 0 Å². The number of nitrogens with one attached hydrogen (secondary N) is 1. The van der Waals surface area contributed by atoms with E-state index < -0.39 is 0 Å². The molecule has 0 bridgehead atoms. The lowest BCUT2D eigenvalue weighted by molar-refractivity contribution is -0.140. The van der Waals surface area contributed by atoms with E-state index in [-0.39, 0.29) is 24.8 Å². The van der Waals surface area contributed by atoms with Crippen LogP contribution in [0.2, 0.25) is 0 Å². The Morgan fingerprint density at radius 2 is 2.17 bits per heavy atom. The third-order valence-electron chi connectivity index (χ3n) is 5.51. The van der Waals surface area contributed by atoms with Crippen molar-refractivity contribution in [3.05, 3.63) is 47.0 Å². The first kappa shape index (κ1) is 19.6. The van der Waals surface area contributed by atoms with E-state index in [1.54, 1.807) is 6.20 Å². The van der Waals surface area contributed by atoms with Gasteiger partial charge in [0.25, 0.3) is 5.91 Å². The van der Waals surface area contributed by atoms with E-state index in [0.717, 1.165) is 37.3 Å². The highest BCUT2D eigenvalue weighted by atomic mass is 16.5. The molecule has 4 rings (SSSR count). The summed E-state index contributed by atoms with van der Waals surface area (Å²) in [6.07, 6.45) is 5.30. The van der Waals surface area contributed by atoms with E-state index in [9.17, 15) is 9.59 Å². The maximum atomic E-state index is 12.8. The number of fused-ring (bicyclic) bond motifs is 1. The van der Waals surface area contributed by atoms with Gasteiger partial charge in [-0.05, 0) is 30.9 Å². The highest BCUT2D eigenvalue weighted by Gasteiger charge is 2.31. The molecule has 2 aromatic rings. The number of hydrogen-bond donors (Lipinski definition) is 1. The number of nitrogens with zero attached hydrogens (tertiary/aromatic N) is 4. The van der Waals surface area contributed by atoms with Gasteiger partial charge in [-0.15, -0.1) is 0 Å². The molecule has 3 heterocycles. The SMILES string of the molecule is COC(=O)CCNC(=O)c1nn(CC2CC2)c2c1CN(Cc1ccccn1)CC2. The van der Waals surface area contributed by atoms with E-state index in [1.165, 1.54) is 25.6 Å². The average molecular weight is 397 g/mol. The molecule has 1 fully saturated rings. The first-order valence-corrected chi connectivity index (χ1v) is 10.2. The summed E-state index contributed by atoms with van der Waals surface area (Å²) in [5.74, 6) is 0.119. The number of aromatic nitrogens is 3. The first-order valence-electron chi connectivity index (χ1n) is 10.2. The lowest BCUT2D eigenvalue weighted by Gasteiger charge is -2.27. The van der Waals surface area contributed by atoms with Crippen LogP contribution in [0.25, 0.3) is 0 Å². The fourth-order valence-corrected chi connectivity index (χ4v) is 3.74. The van der Waals surface area contributed by atoms with Crippen molar-refractivity contribution in [3.63, 3.8) is 0 Å². The second kappa shape index (κ2) is 8.73. The van der Waals surface area contributed by atoms with Gasteiger partial charge in [0.1, 0.15) is 0 Å². The maximum absolute atomic E-state index is 12.8. The van der Waals surface area contributed by atoms with Crippen molar-refractivity contribution in [2.75, 3.05) is 20.2 Å². The van der Waals surface area contributed by atoms with E-state index in [1.807, 2.05) is 22.9 Å². The number of hydrogen-bond acceptors (Lipinski definition) is 6. The van der Waals surface area contributed by atoms with Gasteiger partial charge in [-0.2, -0.15) is 5.10 Å². The van der Waals surface area contributed by atoms with E-state index >= 15 is 0 Å². The number of carbonyl (C=O) groups excluding carboxylic acids is 2. The molecule has 8 nitrogen and oxygen atoms in total. The van der Waals surface area contributed by atoms with E-state index in [2.05, 4.69) is 25.0 Å². The summed E-state index contributed by atoms with van der Waals surface area (Å²) in [7, 11) is 1.34. The smallest absolute Gasteiger partial charge is 0.307 e. The number of pyridine rings is 1. The van der Waals surface area contributed by atoms with Crippen molar-refractivity contribution < 1.29 is 14.3 Å². The monoisotopic (exact) mass is 397 g/mol. The van der Waals surface area contributed by atoms with Crippen LogP contribution >= 0.6 is 0 Å². The molecule has 0 radical (unpaired) electrons. The molecule has 1 amide bonds. The average Bonchev–Trinajstić information content (AvgIpc) is 3.48. The zero-order valence-corrected chi connectivity index (χ0v) is 16.8. The molecule has 2 aromatic heterocycles. The molecule has 1 aliphatic heterocycles. The van der Waals surface area contributed by atoms with Gasteiger partial charge >= 0.3 is 5.97 Å². The number of amides is 1. The second-order valence-electron chi connectivity index (χ2n) is 7.76. The van der Waals surface area contributed by atoms with Crippen LogP contribution < -0.4 is 5.32 Å². The lowest BCUT2D eigenvalue weighted by Crippen LogP contribution is -2.33. The minimum Gasteiger partial charge on any atom is -0.469 e. The van der Waals surface area contributed by atoms with Crippen LogP contribution in [-0.4, -0.2) is 51.7 Å². The van der Waals surface area contributed by atoms with Gasteiger partial charge in [-0.1, -0.05) is 6.07 Å². The molecule has 1 aliphatic carbocycles. The third kappa shape index (κ3) is 4.82. The number of rotatable bonds is 8. The quantitative estimate of drug-likeness (QED) is 0.680. The lowest BCUT2D eigenvalue weighted by atomic mass is 10.0. The van der Waals surface area contributed by atoms with Gasteiger partial charge in [0, 0.05) is 56.6 Å². The summed E-state index contributed by atoms with van der Waals surface area (Å²) in [4.78, 5) is 30.8. The van der Waals surface area contributed by atoms with Crippen LogP contribution in [0.4, 0.5) is 0 Å². The molecule has 0 unspecified atom stereocenters. The molecular formula is C21H27N5O3. The zero-order valence-electron chi connectivity index (χ0n) is 16.8. The number of methoxy groups -OCH3 is 1. The fourth-order valence-electron chi connectivity index (χ4n) is 3.74. The summed E-state index contributed by atoms with van der Waals surface area (Å²) >= 11 is 0. The normalized spacial score (nSPS) is 16.3. The van der Waals surface area contributed by atoms with Crippen LogP contribution in [0.5, 0.6) is 0 Å². The third-order valence-corrected chi connectivity index (χ3v) is 5.51. The minimum absolute atomic E-state index is 0.152. The van der Waals surface area contributed by atoms with Crippen molar-refractivity contribution in [2.45, 2.75) is 45.3 Å². The van der Waals surface area contributed by atoms with Crippen LogP contribution in [0.3, 0.4) is 0 Å². The predicted molar refractivity (Wildman–Crippen MR) is 106 cm³/mol. The topological polar surface area (TPSA) is 89.3 Å². The van der Waals surface area contributed by atoms with Gasteiger partial charge in [0.15, 0.2) is 5.69 Å². The highest BCUT2D eigenvalue weighted by molar-refractivity contribution is 5.94. The fraction of sp³-hybridized carbons (Fsp3) is 0.524. The maximum Gasteiger partial charge on any atom is 0.307 e. The number of carbonyl (C=O) groups is 2. The van der Waals surface area contributed by atoms with Gasteiger partial charge in [-0.3, -0.25) is 24.2 Å². The Bertz CT molecular complexity index is 876. The van der Waals surface area contributed by atoms with Crippen molar-refractivity contribution in [2.24, 2.45) is 5.92 Å². The van der Waals surface area contributed by atoms with E-state index in [0.29, 0.717) is 18.2 Å². The van der Waals surface area contributed by atoms with Crippen LogP contribution in [0.1, 0.15) is 46.7 Å². The number of ether oxygens (including phenoxy) is 1. The largest absolute Gasteiger partial charge is 0.469 e. The summed E-state index contributed by atoms with van der Waals surface area (Å²) in [5, 5.41) is 7.49. The zero-order chi connectivity index (χ0) is 20.2. The van der Waals surface area contributed by atoms with Crippen LogP contribution in [-0.2, 0) is 35.6 Å². The molecule has 154 valence electrons. The molecule has 0 saturated heterocycles.